The number of aryl methyl sites for hydroxylation is 2. The van der Waals surface area contributed by atoms with E-state index in [2.05, 4.69) is 4.74 Å². The van der Waals surface area contributed by atoms with Crippen molar-refractivity contribution < 1.29 is 14.3 Å². The van der Waals surface area contributed by atoms with Crippen LogP contribution in [0.15, 0.2) is 18.2 Å². The zero-order chi connectivity index (χ0) is 10.6. The summed E-state index contributed by atoms with van der Waals surface area (Å²) in [6.45, 7) is 4.25. The Morgan fingerprint density at radius 3 is 2.36 bits per heavy atom. The third-order valence-corrected chi connectivity index (χ3v) is 2.15. The molecule has 0 aliphatic carbocycles. The molecule has 0 radical (unpaired) electrons. The molecule has 0 atom stereocenters. The minimum Gasteiger partial charge on any atom is -0.438 e. The number of carbonyl (C=O) groups excluding carboxylic acids is 1. The molecule has 0 fully saturated rings. The average molecular weight is 194 g/mol. The number of hydrogen-bond donors (Lipinski definition) is 0. The molecular weight excluding hydrogens is 180 g/mol. The number of methoxy groups -OCH3 is 1. The van der Waals surface area contributed by atoms with E-state index in [0.717, 1.165) is 16.7 Å². The molecule has 1 rings (SSSR count). The SMILES string of the molecule is COC(=O)OCc1c(C)cccc1C. The van der Waals surface area contributed by atoms with Crippen molar-refractivity contribution in [1.82, 2.24) is 0 Å². The van der Waals surface area contributed by atoms with E-state index in [9.17, 15) is 4.79 Å². The smallest absolute Gasteiger partial charge is 0.438 e. The molecule has 0 aromatic heterocycles. The minimum absolute atomic E-state index is 0.269. The lowest BCUT2D eigenvalue weighted by atomic mass is 10.0. The molecule has 1 aromatic carbocycles. The van der Waals surface area contributed by atoms with Crippen LogP contribution in [0.25, 0.3) is 0 Å². The fourth-order valence-corrected chi connectivity index (χ4v) is 1.27. The van der Waals surface area contributed by atoms with E-state index in [4.69, 9.17) is 4.74 Å². The van der Waals surface area contributed by atoms with Gasteiger partial charge in [-0.3, -0.25) is 0 Å². The van der Waals surface area contributed by atoms with E-state index in [-0.39, 0.29) is 6.61 Å². The summed E-state index contributed by atoms with van der Waals surface area (Å²) in [7, 11) is 1.30. The average Bonchev–Trinajstić information content (AvgIpc) is 2.16. The molecule has 76 valence electrons. The Morgan fingerprint density at radius 2 is 1.86 bits per heavy atom. The first-order valence-electron chi connectivity index (χ1n) is 4.41. The molecule has 0 aliphatic rings. The van der Waals surface area contributed by atoms with Crippen LogP contribution in [0.2, 0.25) is 0 Å². The highest BCUT2D eigenvalue weighted by atomic mass is 16.7. The van der Waals surface area contributed by atoms with Gasteiger partial charge in [0.15, 0.2) is 0 Å². The van der Waals surface area contributed by atoms with Gasteiger partial charge in [-0.15, -0.1) is 0 Å². The summed E-state index contributed by atoms with van der Waals surface area (Å²) in [5.74, 6) is 0. The molecule has 1 aromatic rings. The number of benzene rings is 1. The normalized spacial score (nSPS) is 9.64. The second-order valence-electron chi connectivity index (χ2n) is 3.11. The first kappa shape index (κ1) is 10.6. The molecule has 0 aliphatic heterocycles. The monoisotopic (exact) mass is 194 g/mol. The van der Waals surface area contributed by atoms with Crippen molar-refractivity contribution >= 4 is 6.16 Å². The molecule has 3 nitrogen and oxygen atoms in total. The van der Waals surface area contributed by atoms with Crippen molar-refractivity contribution in [1.29, 1.82) is 0 Å². The van der Waals surface area contributed by atoms with E-state index < -0.39 is 6.16 Å². The van der Waals surface area contributed by atoms with Gasteiger partial charge in [0.25, 0.3) is 0 Å². The van der Waals surface area contributed by atoms with Crippen LogP contribution in [-0.2, 0) is 16.1 Å². The van der Waals surface area contributed by atoms with E-state index in [1.54, 1.807) is 0 Å². The van der Waals surface area contributed by atoms with Crippen molar-refractivity contribution in [3.8, 4) is 0 Å². The van der Waals surface area contributed by atoms with Crippen LogP contribution >= 0.6 is 0 Å². The number of rotatable bonds is 2. The van der Waals surface area contributed by atoms with Crippen LogP contribution in [0.4, 0.5) is 4.79 Å². The molecule has 0 unspecified atom stereocenters. The van der Waals surface area contributed by atoms with Crippen LogP contribution in [0.1, 0.15) is 16.7 Å². The molecular formula is C11H14O3. The van der Waals surface area contributed by atoms with Crippen molar-refractivity contribution in [3.63, 3.8) is 0 Å². The van der Waals surface area contributed by atoms with Crippen LogP contribution in [0.3, 0.4) is 0 Å². The topological polar surface area (TPSA) is 35.5 Å². The maximum Gasteiger partial charge on any atom is 0.508 e. The van der Waals surface area contributed by atoms with Crippen LogP contribution in [-0.4, -0.2) is 13.3 Å². The minimum atomic E-state index is -0.646. The molecule has 0 N–H and O–H groups in total. The maximum absolute atomic E-state index is 10.8. The van der Waals surface area contributed by atoms with Gasteiger partial charge in [0, 0.05) is 0 Å². The van der Waals surface area contributed by atoms with Gasteiger partial charge >= 0.3 is 6.16 Å². The summed E-state index contributed by atoms with van der Waals surface area (Å²) >= 11 is 0. The van der Waals surface area contributed by atoms with Crippen LogP contribution in [0, 0.1) is 13.8 Å². The van der Waals surface area contributed by atoms with Gasteiger partial charge in [-0.2, -0.15) is 0 Å². The lowest BCUT2D eigenvalue weighted by molar-refractivity contribution is 0.0666. The highest BCUT2D eigenvalue weighted by molar-refractivity contribution is 5.59. The van der Waals surface area contributed by atoms with Crippen molar-refractivity contribution in [2.24, 2.45) is 0 Å². The number of carbonyl (C=O) groups is 1. The Kier molecular flexibility index (Phi) is 3.51. The standard InChI is InChI=1S/C11H14O3/c1-8-5-4-6-9(2)10(8)7-14-11(12)13-3/h4-6H,7H2,1-3H3. The Balaban J connectivity index is 2.71. The molecule has 3 heteroatoms. The number of ether oxygens (including phenoxy) is 2. The Bertz CT molecular complexity index is 311. The highest BCUT2D eigenvalue weighted by Crippen LogP contribution is 2.14. The highest BCUT2D eigenvalue weighted by Gasteiger charge is 2.05. The summed E-state index contributed by atoms with van der Waals surface area (Å²) in [6.07, 6.45) is -0.646. The van der Waals surface area contributed by atoms with E-state index in [1.807, 2.05) is 32.0 Å². The second kappa shape index (κ2) is 4.65. The Morgan fingerprint density at radius 1 is 1.29 bits per heavy atom. The van der Waals surface area contributed by atoms with Gasteiger partial charge < -0.3 is 9.47 Å². The van der Waals surface area contributed by atoms with Crippen molar-refractivity contribution in [2.75, 3.05) is 7.11 Å². The first-order valence-corrected chi connectivity index (χ1v) is 4.41. The van der Waals surface area contributed by atoms with Gasteiger partial charge in [0.1, 0.15) is 6.61 Å². The number of hydrogen-bond acceptors (Lipinski definition) is 3. The first-order chi connectivity index (χ1) is 6.65. The molecule has 0 heterocycles. The fraction of sp³-hybridized carbons (Fsp3) is 0.364. The lowest BCUT2D eigenvalue weighted by Gasteiger charge is -2.09. The van der Waals surface area contributed by atoms with E-state index >= 15 is 0 Å². The largest absolute Gasteiger partial charge is 0.508 e. The zero-order valence-corrected chi connectivity index (χ0v) is 8.66. The predicted octanol–water partition coefficient (Wildman–Crippen LogP) is 2.59. The maximum atomic E-state index is 10.8. The van der Waals surface area contributed by atoms with Gasteiger partial charge in [-0.25, -0.2) is 4.79 Å². The predicted molar refractivity (Wildman–Crippen MR) is 53.1 cm³/mol. The molecule has 0 saturated heterocycles. The van der Waals surface area contributed by atoms with Crippen molar-refractivity contribution in [2.45, 2.75) is 20.5 Å². The van der Waals surface area contributed by atoms with Crippen molar-refractivity contribution in [3.05, 3.63) is 34.9 Å². The second-order valence-corrected chi connectivity index (χ2v) is 3.11. The molecule has 0 amide bonds. The van der Waals surface area contributed by atoms with E-state index in [0.29, 0.717) is 0 Å². The Hall–Kier alpha value is -1.51. The summed E-state index contributed by atoms with van der Waals surface area (Å²) in [5.41, 5.74) is 3.28. The molecule has 14 heavy (non-hydrogen) atoms. The lowest BCUT2D eigenvalue weighted by Crippen LogP contribution is -2.06. The van der Waals surface area contributed by atoms with Gasteiger partial charge in [0.05, 0.1) is 7.11 Å². The zero-order valence-electron chi connectivity index (χ0n) is 8.66. The van der Waals surface area contributed by atoms with E-state index in [1.165, 1.54) is 7.11 Å². The summed E-state index contributed by atoms with van der Waals surface area (Å²) in [6, 6.07) is 5.96. The molecule has 0 saturated carbocycles. The fourth-order valence-electron chi connectivity index (χ4n) is 1.27. The summed E-state index contributed by atoms with van der Waals surface area (Å²) in [4.78, 5) is 10.8. The third-order valence-electron chi connectivity index (χ3n) is 2.15. The third kappa shape index (κ3) is 2.49. The van der Waals surface area contributed by atoms with Crippen LogP contribution < -0.4 is 0 Å². The summed E-state index contributed by atoms with van der Waals surface area (Å²) in [5, 5.41) is 0. The van der Waals surface area contributed by atoms with Gasteiger partial charge in [0.2, 0.25) is 0 Å². The summed E-state index contributed by atoms with van der Waals surface area (Å²) < 4.78 is 9.27. The van der Waals surface area contributed by atoms with Gasteiger partial charge in [-0.05, 0) is 30.5 Å². The Labute approximate surface area is 83.6 Å². The van der Waals surface area contributed by atoms with Crippen LogP contribution in [0.5, 0.6) is 0 Å². The molecule has 0 spiro atoms. The van der Waals surface area contributed by atoms with Gasteiger partial charge in [-0.1, -0.05) is 18.2 Å². The quantitative estimate of drug-likeness (QED) is 0.679. The molecule has 0 bridgehead atoms.